The fourth-order valence-electron chi connectivity index (χ4n) is 3.35. The van der Waals surface area contributed by atoms with E-state index in [1.807, 2.05) is 36.4 Å². The molecule has 0 atom stereocenters. The molecule has 30 heavy (non-hydrogen) atoms. The number of carbonyl (C=O) groups is 2. The Labute approximate surface area is 182 Å². The number of hydrogen-bond acceptors (Lipinski definition) is 5. The van der Waals surface area contributed by atoms with Crippen LogP contribution in [0.15, 0.2) is 65.7 Å². The normalized spacial score (nSPS) is 15.6. The molecule has 2 amide bonds. The quantitative estimate of drug-likeness (QED) is 0.372. The molecule has 1 heterocycles. The molecule has 0 radical (unpaired) electrons. The molecule has 0 saturated carbocycles. The molecule has 0 spiro atoms. The Morgan fingerprint density at radius 3 is 1.80 bits per heavy atom. The maximum absolute atomic E-state index is 13.3. The van der Waals surface area contributed by atoms with Gasteiger partial charge in [0.15, 0.2) is 11.0 Å². The number of para-hydroxylation sites is 2. The highest BCUT2D eigenvalue weighted by Crippen LogP contribution is 2.28. The van der Waals surface area contributed by atoms with Crippen molar-refractivity contribution in [3.63, 3.8) is 0 Å². The zero-order valence-electron chi connectivity index (χ0n) is 17.3. The first-order chi connectivity index (χ1) is 14.6. The van der Waals surface area contributed by atoms with Crippen LogP contribution in [0.5, 0.6) is 0 Å². The fraction of sp³-hybridized carbons (Fsp3) is 0.304. The lowest BCUT2D eigenvalue weighted by atomic mass is 10.0. The van der Waals surface area contributed by atoms with Crippen molar-refractivity contribution >= 4 is 46.7 Å². The van der Waals surface area contributed by atoms with Gasteiger partial charge < -0.3 is 4.90 Å². The van der Waals surface area contributed by atoms with E-state index in [0.29, 0.717) is 17.9 Å². The molecule has 1 saturated heterocycles. The molecule has 156 valence electrons. The van der Waals surface area contributed by atoms with Crippen molar-refractivity contribution in [2.24, 2.45) is 10.9 Å². The van der Waals surface area contributed by atoms with Crippen LogP contribution in [0.1, 0.15) is 13.8 Å². The zero-order valence-corrected chi connectivity index (χ0v) is 18.1. The lowest BCUT2D eigenvalue weighted by Gasteiger charge is -2.38. The van der Waals surface area contributed by atoms with Gasteiger partial charge in [0, 0.05) is 12.8 Å². The van der Waals surface area contributed by atoms with Gasteiger partial charge in [-0.15, -0.1) is 0 Å². The lowest BCUT2D eigenvalue weighted by Crippen LogP contribution is -2.60. The molecule has 0 bridgehead atoms. The average Bonchev–Trinajstić information content (AvgIpc) is 2.77. The highest BCUT2D eigenvalue weighted by atomic mass is 32.1. The third-order valence-corrected chi connectivity index (χ3v) is 5.44. The van der Waals surface area contributed by atoms with E-state index in [0.717, 1.165) is 19.6 Å². The molecule has 0 aliphatic carbocycles. The summed E-state index contributed by atoms with van der Waals surface area (Å²) < 4.78 is 0. The number of carbonyl (C=O) groups excluding carboxylic acids is 2. The molecule has 7 heteroatoms. The van der Waals surface area contributed by atoms with Crippen molar-refractivity contribution in [1.82, 2.24) is 4.90 Å². The smallest absolute Gasteiger partial charge is 0.251 e. The number of nitrogens with zero attached hydrogens (tertiary/aromatic N) is 4. The minimum absolute atomic E-state index is 0.148. The Bertz CT molecular complexity index is 852. The molecule has 1 aliphatic rings. The molecule has 2 aromatic rings. The van der Waals surface area contributed by atoms with Crippen LogP contribution in [-0.4, -0.2) is 54.2 Å². The molecular weight excluding hydrogens is 396 g/mol. The van der Waals surface area contributed by atoms with Crippen LogP contribution in [0.25, 0.3) is 0 Å². The molecule has 0 unspecified atom stereocenters. The zero-order chi connectivity index (χ0) is 21.5. The average molecular weight is 423 g/mol. The molecule has 3 rings (SSSR count). The largest absolute Gasteiger partial charge is 0.302 e. The first-order valence-corrected chi connectivity index (χ1v) is 10.5. The van der Waals surface area contributed by atoms with Gasteiger partial charge in [0.2, 0.25) is 0 Å². The van der Waals surface area contributed by atoms with Gasteiger partial charge in [-0.05, 0) is 49.6 Å². The van der Waals surface area contributed by atoms with Crippen molar-refractivity contribution in [2.45, 2.75) is 13.8 Å². The van der Waals surface area contributed by atoms with E-state index in [9.17, 15) is 9.59 Å². The maximum atomic E-state index is 13.3. The fourth-order valence-corrected chi connectivity index (χ4v) is 3.74. The van der Waals surface area contributed by atoms with Crippen molar-refractivity contribution in [3.05, 3.63) is 60.7 Å². The van der Waals surface area contributed by atoms with Crippen LogP contribution in [0.3, 0.4) is 0 Å². The predicted octanol–water partition coefficient (Wildman–Crippen LogP) is 3.38. The summed E-state index contributed by atoms with van der Waals surface area (Å²) in [4.78, 5) is 36.0. The number of benzene rings is 2. The van der Waals surface area contributed by atoms with Gasteiger partial charge >= 0.3 is 0 Å². The first-order valence-electron chi connectivity index (χ1n) is 10.1. The van der Waals surface area contributed by atoms with Gasteiger partial charge in [-0.1, -0.05) is 50.2 Å². The summed E-state index contributed by atoms with van der Waals surface area (Å²) >= 11 is 5.58. The lowest BCUT2D eigenvalue weighted by molar-refractivity contribution is -0.129. The van der Waals surface area contributed by atoms with Crippen molar-refractivity contribution in [2.75, 3.05) is 36.0 Å². The summed E-state index contributed by atoms with van der Waals surface area (Å²) in [5, 5.41) is 0.148. The second kappa shape index (κ2) is 10.2. The van der Waals surface area contributed by atoms with E-state index in [2.05, 4.69) is 23.7 Å². The Kier molecular flexibility index (Phi) is 7.43. The maximum Gasteiger partial charge on any atom is 0.251 e. The van der Waals surface area contributed by atoms with Gasteiger partial charge in [0.1, 0.15) is 0 Å². The highest BCUT2D eigenvalue weighted by Gasteiger charge is 2.44. The molecule has 6 nitrogen and oxygen atoms in total. The number of aliphatic imine (C=N–C) groups is 1. The monoisotopic (exact) mass is 422 g/mol. The van der Waals surface area contributed by atoms with Crippen LogP contribution >= 0.6 is 12.2 Å². The molecular formula is C23H26N4O2S. The van der Waals surface area contributed by atoms with Crippen molar-refractivity contribution in [1.29, 1.82) is 0 Å². The Morgan fingerprint density at radius 1 is 0.900 bits per heavy atom. The Balaban J connectivity index is 1.92. The van der Waals surface area contributed by atoms with Crippen LogP contribution in [0.2, 0.25) is 0 Å². The summed E-state index contributed by atoms with van der Waals surface area (Å²) in [5.41, 5.74) is 1.25. The summed E-state index contributed by atoms with van der Waals surface area (Å²) in [6.07, 6.45) is 1.47. The number of hydrogen-bond donors (Lipinski definition) is 0. The molecule has 1 aliphatic heterocycles. The van der Waals surface area contributed by atoms with Crippen LogP contribution in [-0.2, 0) is 9.59 Å². The predicted molar refractivity (Wildman–Crippen MR) is 125 cm³/mol. The third kappa shape index (κ3) is 4.63. The summed E-state index contributed by atoms with van der Waals surface area (Å²) in [5.74, 6) is -1.78. The van der Waals surface area contributed by atoms with E-state index >= 15 is 0 Å². The topological polar surface area (TPSA) is 56.2 Å². The number of thiocarbonyl (C=S) groups is 1. The van der Waals surface area contributed by atoms with E-state index in [4.69, 9.17) is 12.2 Å². The van der Waals surface area contributed by atoms with E-state index in [1.54, 1.807) is 24.3 Å². The second-order valence-corrected chi connectivity index (χ2v) is 7.23. The standard InChI is InChI=1S/C23H26N4O2S/c1-3-25(4-2)16-15-24-17-20-21(28)26(18-11-7-5-8-12-18)23(30)27(22(20)29)19-13-9-6-10-14-19/h5-14,17,20H,3-4,15-16H2,1-2H3. The molecule has 2 aromatic carbocycles. The molecule has 1 fully saturated rings. The first kappa shape index (κ1) is 21.8. The summed E-state index contributed by atoms with van der Waals surface area (Å²) in [6, 6.07) is 18.3. The molecule has 0 N–H and O–H groups in total. The summed E-state index contributed by atoms with van der Waals surface area (Å²) in [6.45, 7) is 7.37. The van der Waals surface area contributed by atoms with Crippen LogP contribution in [0, 0.1) is 5.92 Å². The van der Waals surface area contributed by atoms with Gasteiger partial charge in [0.25, 0.3) is 11.8 Å². The minimum Gasteiger partial charge on any atom is -0.302 e. The van der Waals surface area contributed by atoms with Crippen LogP contribution < -0.4 is 9.80 Å². The molecule has 0 aromatic heterocycles. The Morgan fingerprint density at radius 2 is 1.37 bits per heavy atom. The Hall–Kier alpha value is -2.90. The third-order valence-electron chi connectivity index (χ3n) is 5.08. The number of rotatable bonds is 8. The summed E-state index contributed by atoms with van der Waals surface area (Å²) in [7, 11) is 0. The minimum atomic E-state index is -1.02. The van der Waals surface area contributed by atoms with Gasteiger partial charge in [-0.25, -0.2) is 0 Å². The van der Waals surface area contributed by atoms with Gasteiger partial charge in [0.05, 0.1) is 17.9 Å². The second-order valence-electron chi connectivity index (χ2n) is 6.86. The number of anilines is 2. The van der Waals surface area contributed by atoms with Crippen molar-refractivity contribution < 1.29 is 9.59 Å². The number of amides is 2. The van der Waals surface area contributed by atoms with Crippen LogP contribution in [0.4, 0.5) is 11.4 Å². The van der Waals surface area contributed by atoms with E-state index in [1.165, 1.54) is 16.0 Å². The van der Waals surface area contributed by atoms with Gasteiger partial charge in [-0.3, -0.25) is 24.4 Å². The van der Waals surface area contributed by atoms with Crippen molar-refractivity contribution in [3.8, 4) is 0 Å². The van der Waals surface area contributed by atoms with Gasteiger partial charge in [-0.2, -0.15) is 0 Å². The highest BCUT2D eigenvalue weighted by molar-refractivity contribution is 7.81. The van der Waals surface area contributed by atoms with E-state index in [-0.39, 0.29) is 16.9 Å². The van der Waals surface area contributed by atoms with E-state index < -0.39 is 5.92 Å². The SMILES string of the molecule is CCN(CC)CCN=CC1C(=O)N(c2ccccc2)C(=S)N(c2ccccc2)C1=O. The number of likely N-dealkylation sites (N-methyl/N-ethyl adjacent to an activating group) is 1.